The van der Waals surface area contributed by atoms with Gasteiger partial charge >= 0.3 is 0 Å². The number of unbranched alkanes of at least 4 members (excludes halogenated alkanes) is 5. The molecule has 0 spiro atoms. The number of thiazole rings is 2. The van der Waals surface area contributed by atoms with Crippen LogP contribution in [0.1, 0.15) is 65.2 Å². The number of hydrogen-bond donors (Lipinski definition) is 0. The topological polar surface area (TPSA) is 106 Å². The molecule has 10 nitrogen and oxygen atoms in total. The molecule has 0 atom stereocenters. The molecule has 0 bridgehead atoms. The highest BCUT2D eigenvalue weighted by Crippen LogP contribution is 2.36. The van der Waals surface area contributed by atoms with E-state index in [1.807, 2.05) is 24.3 Å². The van der Waals surface area contributed by atoms with Crippen molar-refractivity contribution >= 4 is 54.9 Å². The lowest BCUT2D eigenvalue weighted by Gasteiger charge is -2.18. The Labute approximate surface area is 263 Å². The highest BCUT2D eigenvalue weighted by atomic mass is 32.1. The number of ether oxygens (including phenoxy) is 4. The summed E-state index contributed by atoms with van der Waals surface area (Å²) in [6.07, 6.45) is 6.50. The maximum Gasteiger partial charge on any atom is 0.248 e. The van der Waals surface area contributed by atoms with E-state index in [9.17, 15) is 9.59 Å². The summed E-state index contributed by atoms with van der Waals surface area (Å²) < 4.78 is 29.1. The second-order valence-corrected chi connectivity index (χ2v) is 12.8. The van der Waals surface area contributed by atoms with E-state index < -0.39 is 0 Å². The van der Waals surface area contributed by atoms with Crippen molar-refractivity contribution in [3.8, 4) is 23.0 Å². The van der Waals surface area contributed by atoms with Gasteiger partial charge in [0.1, 0.15) is 26.4 Å². The number of amides is 2. The number of hydrogen-bond acceptors (Lipinski definition) is 8. The van der Waals surface area contributed by atoms with E-state index in [0.29, 0.717) is 48.9 Å². The van der Waals surface area contributed by atoms with Gasteiger partial charge in [0.05, 0.1) is 20.4 Å². The van der Waals surface area contributed by atoms with Crippen molar-refractivity contribution in [3.63, 3.8) is 0 Å². The van der Waals surface area contributed by atoms with Crippen LogP contribution in [0.15, 0.2) is 34.3 Å². The van der Waals surface area contributed by atoms with Gasteiger partial charge in [0, 0.05) is 50.2 Å². The number of fused-ring (bicyclic) bond motifs is 4. The molecule has 12 heteroatoms. The molecule has 0 fully saturated rings. The molecule has 4 heterocycles. The summed E-state index contributed by atoms with van der Waals surface area (Å²) in [5, 5.41) is 0. The van der Waals surface area contributed by atoms with Gasteiger partial charge in [-0.1, -0.05) is 48.4 Å². The van der Waals surface area contributed by atoms with Gasteiger partial charge in [0.2, 0.25) is 11.8 Å². The van der Waals surface area contributed by atoms with Gasteiger partial charge in [-0.25, -0.2) is 0 Å². The fraction of sp³-hybridized carbons (Fsp3) is 0.500. The number of aromatic nitrogens is 2. The Morgan fingerprint density at radius 2 is 0.977 bits per heavy atom. The Bertz CT molecular complexity index is 1680. The van der Waals surface area contributed by atoms with Gasteiger partial charge in [-0.3, -0.25) is 9.59 Å². The third-order valence-corrected chi connectivity index (χ3v) is 9.88. The third kappa shape index (κ3) is 6.71. The lowest BCUT2D eigenvalue weighted by atomic mass is 10.1. The summed E-state index contributed by atoms with van der Waals surface area (Å²) >= 11 is 3.01. The molecular formula is C32H38N4O6S2. The number of rotatable bonds is 11. The Balaban J connectivity index is 0.945. The van der Waals surface area contributed by atoms with Crippen LogP contribution >= 0.6 is 22.7 Å². The first-order chi connectivity index (χ1) is 21.5. The zero-order chi connectivity index (χ0) is 30.5. The molecule has 4 aromatic rings. The average Bonchev–Trinajstić information content (AvgIpc) is 3.54. The Morgan fingerprint density at radius 3 is 1.36 bits per heavy atom. The van der Waals surface area contributed by atoms with Crippen molar-refractivity contribution in [1.82, 2.24) is 9.13 Å². The van der Waals surface area contributed by atoms with Gasteiger partial charge in [-0.15, -0.1) is 0 Å². The summed E-state index contributed by atoms with van der Waals surface area (Å²) in [6.45, 7) is 7.71. The van der Waals surface area contributed by atoms with Crippen molar-refractivity contribution in [3.05, 3.63) is 33.9 Å². The molecule has 0 aliphatic carbocycles. The SMILES string of the molecule is CCn1c(=NC(=O)CCCCCCCCC(=O)N=c2sc3cc4c(cc3n2CC)OCCO4)sc2cc3c(cc21)OCCO3. The van der Waals surface area contributed by atoms with E-state index in [2.05, 4.69) is 33.0 Å². The minimum absolute atomic E-state index is 0.0889. The normalized spacial score (nSPS) is 15.0. The van der Waals surface area contributed by atoms with Gasteiger partial charge < -0.3 is 28.1 Å². The molecule has 0 saturated carbocycles. The van der Waals surface area contributed by atoms with Crippen LogP contribution < -0.4 is 28.6 Å². The van der Waals surface area contributed by atoms with E-state index in [1.54, 1.807) is 0 Å². The van der Waals surface area contributed by atoms with Gasteiger partial charge in [0.25, 0.3) is 0 Å². The first-order valence-electron chi connectivity index (χ1n) is 15.5. The van der Waals surface area contributed by atoms with Crippen molar-refractivity contribution in [2.45, 2.75) is 78.3 Å². The highest BCUT2D eigenvalue weighted by molar-refractivity contribution is 7.16. The van der Waals surface area contributed by atoms with Crippen molar-refractivity contribution in [2.24, 2.45) is 9.98 Å². The van der Waals surface area contributed by atoms with E-state index >= 15 is 0 Å². The van der Waals surface area contributed by atoms with Crippen LogP contribution in [0.4, 0.5) is 0 Å². The van der Waals surface area contributed by atoms with Gasteiger partial charge in [-0.2, -0.15) is 9.98 Å². The first kappa shape index (κ1) is 30.4. The summed E-state index contributed by atoms with van der Waals surface area (Å²) in [5.74, 6) is 2.80. The van der Waals surface area contributed by atoms with Crippen LogP contribution in [0.25, 0.3) is 20.4 Å². The van der Waals surface area contributed by atoms with Crippen LogP contribution in [0, 0.1) is 0 Å². The fourth-order valence-electron chi connectivity index (χ4n) is 5.58. The molecule has 0 radical (unpaired) electrons. The van der Waals surface area contributed by atoms with Crippen molar-refractivity contribution < 1.29 is 28.5 Å². The van der Waals surface area contributed by atoms with Gasteiger partial charge in [0.15, 0.2) is 32.6 Å². The Morgan fingerprint density at radius 1 is 0.614 bits per heavy atom. The zero-order valence-electron chi connectivity index (χ0n) is 25.3. The molecule has 0 unspecified atom stereocenters. The minimum Gasteiger partial charge on any atom is -0.486 e. The number of aryl methyl sites for hydroxylation is 2. The molecule has 44 heavy (non-hydrogen) atoms. The molecule has 2 aliphatic heterocycles. The smallest absolute Gasteiger partial charge is 0.248 e. The molecule has 0 saturated heterocycles. The summed E-state index contributed by atoms with van der Waals surface area (Å²) in [6, 6.07) is 7.93. The molecule has 2 aromatic carbocycles. The van der Waals surface area contributed by atoms with E-state index in [4.69, 9.17) is 18.9 Å². The Kier molecular flexibility index (Phi) is 9.66. The largest absolute Gasteiger partial charge is 0.486 e. The maximum absolute atomic E-state index is 12.7. The number of nitrogens with zero attached hydrogens (tertiary/aromatic N) is 4. The Hall–Kier alpha value is -3.64. The predicted octanol–water partition coefficient (Wildman–Crippen LogP) is 5.98. The highest BCUT2D eigenvalue weighted by Gasteiger charge is 2.18. The number of carbonyl (C=O) groups excluding carboxylic acids is 2. The second-order valence-electron chi connectivity index (χ2n) is 10.8. The molecule has 6 rings (SSSR count). The van der Waals surface area contributed by atoms with Crippen molar-refractivity contribution in [2.75, 3.05) is 26.4 Å². The third-order valence-electron chi connectivity index (χ3n) is 7.80. The van der Waals surface area contributed by atoms with Crippen LogP contribution in [0.3, 0.4) is 0 Å². The molecule has 234 valence electrons. The molecule has 2 aliphatic rings. The molecule has 2 aromatic heterocycles. The molecular weight excluding hydrogens is 601 g/mol. The van der Waals surface area contributed by atoms with Gasteiger partial charge in [-0.05, 0) is 26.7 Å². The fourth-order valence-corrected chi connectivity index (χ4v) is 7.82. The number of benzene rings is 2. The van der Waals surface area contributed by atoms with Crippen LogP contribution in [0.5, 0.6) is 23.0 Å². The van der Waals surface area contributed by atoms with E-state index in [1.165, 1.54) is 22.7 Å². The minimum atomic E-state index is -0.0889. The van der Waals surface area contributed by atoms with E-state index in [-0.39, 0.29) is 11.8 Å². The first-order valence-corrected chi connectivity index (χ1v) is 17.2. The zero-order valence-corrected chi connectivity index (χ0v) is 26.9. The number of carbonyl (C=O) groups is 2. The summed E-state index contributed by atoms with van der Waals surface area (Å²) in [4.78, 5) is 35.6. The lowest BCUT2D eigenvalue weighted by molar-refractivity contribution is -0.119. The predicted molar refractivity (Wildman–Crippen MR) is 171 cm³/mol. The second kappa shape index (κ2) is 14.0. The quantitative estimate of drug-likeness (QED) is 0.187. The van der Waals surface area contributed by atoms with E-state index in [0.717, 1.165) is 95.0 Å². The maximum atomic E-state index is 12.7. The molecule has 0 N–H and O–H groups in total. The van der Waals surface area contributed by atoms with Crippen LogP contribution in [0.2, 0.25) is 0 Å². The average molecular weight is 639 g/mol. The molecule has 2 amide bonds. The summed E-state index contributed by atoms with van der Waals surface area (Å²) in [7, 11) is 0. The van der Waals surface area contributed by atoms with Crippen LogP contribution in [-0.2, 0) is 22.7 Å². The monoisotopic (exact) mass is 638 g/mol. The lowest BCUT2D eigenvalue weighted by Crippen LogP contribution is -2.17. The standard InChI is InChI=1S/C32H38N4O6S2/c1-3-35-21-17-23-25(41-15-13-39-23)19-27(21)43-31(35)33-29(37)11-9-7-5-6-8-10-12-30(38)34-32-36(4-2)22-18-24-26(20-28(22)44-32)42-16-14-40-24/h17-20H,3-16H2,1-2H3. The summed E-state index contributed by atoms with van der Waals surface area (Å²) in [5.41, 5.74) is 2.02. The van der Waals surface area contributed by atoms with Crippen LogP contribution in [-0.4, -0.2) is 47.4 Å². The van der Waals surface area contributed by atoms with Crippen molar-refractivity contribution in [1.29, 1.82) is 0 Å².